The van der Waals surface area contributed by atoms with Crippen molar-refractivity contribution in [3.05, 3.63) is 50.9 Å². The number of nitrogens with zero attached hydrogens (tertiary/aromatic N) is 2. The molecule has 2 aliphatic carbocycles. The highest BCUT2D eigenvalue weighted by Gasteiger charge is 2.25. The van der Waals surface area contributed by atoms with Crippen molar-refractivity contribution in [2.45, 2.75) is 65.8 Å². The first-order valence-electron chi connectivity index (χ1n) is 10.5. The van der Waals surface area contributed by atoms with Crippen molar-refractivity contribution in [3.63, 3.8) is 0 Å². The first-order valence-corrected chi connectivity index (χ1v) is 12.1. The van der Waals surface area contributed by atoms with Crippen LogP contribution >= 0.6 is 0 Å². The topological polar surface area (TPSA) is 93.1 Å². The molecule has 0 bridgehead atoms. The third-order valence-electron chi connectivity index (χ3n) is 6.15. The number of anilines is 1. The highest BCUT2D eigenvalue weighted by molar-refractivity contribution is 7.93. The number of nitrogens with one attached hydrogen (secondary N) is 2. The summed E-state index contributed by atoms with van der Waals surface area (Å²) in [5.41, 5.74) is 7.56. The van der Waals surface area contributed by atoms with Gasteiger partial charge in [0.1, 0.15) is 5.82 Å². The first-order chi connectivity index (χ1) is 14.3. The minimum absolute atomic E-state index is 0.553. The number of imidazole rings is 1. The SMILES string of the molecule is CCn1c(/C=C/S(=O)(=O)NC(=O)Nc2c3c(cc4c2CCC4)CCC3)nc(C)c1C. The molecule has 8 heteroatoms. The minimum Gasteiger partial charge on any atom is -0.329 e. The van der Waals surface area contributed by atoms with Crippen LogP contribution in [0.1, 0.15) is 59.2 Å². The Balaban J connectivity index is 1.52. The Morgan fingerprint density at radius 3 is 2.37 bits per heavy atom. The fraction of sp³-hybridized carbons (Fsp3) is 0.455. The second-order valence-corrected chi connectivity index (χ2v) is 9.59. The van der Waals surface area contributed by atoms with Crippen molar-refractivity contribution in [2.75, 3.05) is 5.32 Å². The van der Waals surface area contributed by atoms with Gasteiger partial charge in [-0.05, 0) is 87.6 Å². The summed E-state index contributed by atoms with van der Waals surface area (Å²) < 4.78 is 29.0. The van der Waals surface area contributed by atoms with E-state index in [4.69, 9.17) is 0 Å². The molecule has 1 heterocycles. The summed E-state index contributed by atoms with van der Waals surface area (Å²) in [7, 11) is -3.95. The summed E-state index contributed by atoms with van der Waals surface area (Å²) in [5, 5.41) is 3.85. The zero-order valence-corrected chi connectivity index (χ0v) is 18.5. The van der Waals surface area contributed by atoms with Gasteiger partial charge in [0, 0.05) is 17.9 Å². The smallest absolute Gasteiger partial charge is 0.329 e. The first kappa shape index (κ1) is 20.7. The van der Waals surface area contributed by atoms with E-state index in [2.05, 4.69) is 21.1 Å². The lowest BCUT2D eigenvalue weighted by Crippen LogP contribution is -2.33. The normalized spacial score (nSPS) is 15.4. The number of hydrogen-bond donors (Lipinski definition) is 2. The van der Waals surface area contributed by atoms with E-state index < -0.39 is 16.1 Å². The quantitative estimate of drug-likeness (QED) is 0.761. The van der Waals surface area contributed by atoms with Gasteiger partial charge in [-0.3, -0.25) is 0 Å². The van der Waals surface area contributed by atoms with E-state index in [9.17, 15) is 13.2 Å². The molecule has 2 aliphatic rings. The fourth-order valence-electron chi connectivity index (χ4n) is 4.63. The highest BCUT2D eigenvalue weighted by atomic mass is 32.2. The van der Waals surface area contributed by atoms with Crippen LogP contribution in [0.25, 0.3) is 6.08 Å². The lowest BCUT2D eigenvalue weighted by atomic mass is 9.99. The van der Waals surface area contributed by atoms with Crippen LogP contribution in [0, 0.1) is 13.8 Å². The Morgan fingerprint density at radius 1 is 1.13 bits per heavy atom. The van der Waals surface area contributed by atoms with Crippen LogP contribution in [0.3, 0.4) is 0 Å². The summed E-state index contributed by atoms with van der Waals surface area (Å²) >= 11 is 0. The molecule has 0 spiro atoms. The molecule has 0 fully saturated rings. The number of carbonyl (C=O) groups is 1. The highest BCUT2D eigenvalue weighted by Crippen LogP contribution is 2.38. The Labute approximate surface area is 177 Å². The van der Waals surface area contributed by atoms with E-state index in [-0.39, 0.29) is 0 Å². The molecule has 2 aromatic rings. The second-order valence-electron chi connectivity index (χ2n) is 8.02. The number of hydrogen-bond acceptors (Lipinski definition) is 4. The summed E-state index contributed by atoms with van der Waals surface area (Å²) in [6.45, 7) is 6.49. The number of aryl methyl sites for hydroxylation is 3. The lowest BCUT2D eigenvalue weighted by Gasteiger charge is -2.16. The molecule has 160 valence electrons. The van der Waals surface area contributed by atoms with Gasteiger partial charge in [0.15, 0.2) is 0 Å². The van der Waals surface area contributed by atoms with E-state index in [1.54, 1.807) is 0 Å². The molecule has 0 saturated carbocycles. The van der Waals surface area contributed by atoms with Gasteiger partial charge in [-0.25, -0.2) is 22.9 Å². The average Bonchev–Trinajstić information content (AvgIpc) is 3.39. The fourth-order valence-corrected chi connectivity index (χ4v) is 5.30. The van der Waals surface area contributed by atoms with Crippen molar-refractivity contribution in [1.29, 1.82) is 0 Å². The third-order valence-corrected chi connectivity index (χ3v) is 7.11. The van der Waals surface area contributed by atoms with Crippen LogP contribution in [0.2, 0.25) is 0 Å². The summed E-state index contributed by atoms with van der Waals surface area (Å²) in [4.78, 5) is 17.0. The third kappa shape index (κ3) is 3.88. The predicted molar refractivity (Wildman–Crippen MR) is 118 cm³/mol. The number of rotatable bonds is 5. The van der Waals surface area contributed by atoms with Crippen LogP contribution in [0.4, 0.5) is 10.5 Å². The van der Waals surface area contributed by atoms with Gasteiger partial charge in [-0.15, -0.1) is 0 Å². The molecule has 0 aliphatic heterocycles. The Morgan fingerprint density at radius 2 is 1.77 bits per heavy atom. The Hall–Kier alpha value is -2.61. The van der Waals surface area contributed by atoms with Crippen molar-refractivity contribution in [2.24, 2.45) is 0 Å². The van der Waals surface area contributed by atoms with Crippen LogP contribution in [0.15, 0.2) is 11.5 Å². The molecular formula is C22H28N4O3S. The summed E-state index contributed by atoms with van der Waals surface area (Å²) in [6, 6.07) is 1.55. The van der Waals surface area contributed by atoms with Crippen molar-refractivity contribution >= 4 is 27.8 Å². The van der Waals surface area contributed by atoms with E-state index in [1.807, 2.05) is 25.3 Å². The number of benzene rings is 1. The number of aromatic nitrogens is 2. The maximum atomic E-state index is 12.6. The number of sulfonamides is 1. The molecule has 0 saturated heterocycles. The van der Waals surface area contributed by atoms with Gasteiger partial charge in [-0.1, -0.05) is 6.07 Å². The monoisotopic (exact) mass is 428 g/mol. The molecular weight excluding hydrogens is 400 g/mol. The van der Waals surface area contributed by atoms with E-state index >= 15 is 0 Å². The standard InChI is InChI=1S/C22H28N4O3S/c1-4-26-15(3)14(2)23-20(26)11-12-30(28,29)25-22(27)24-21-18-9-5-7-16(18)13-17-8-6-10-19(17)21/h11-13H,4-10H2,1-3H3,(H2,24,25,27)/b12-11+. The largest absolute Gasteiger partial charge is 0.333 e. The molecule has 0 atom stereocenters. The average molecular weight is 429 g/mol. The van der Waals surface area contributed by atoms with Crippen LogP contribution in [-0.4, -0.2) is 24.0 Å². The molecule has 1 aromatic carbocycles. The van der Waals surface area contributed by atoms with Crippen LogP contribution < -0.4 is 10.0 Å². The minimum atomic E-state index is -3.95. The Bertz CT molecular complexity index is 1110. The van der Waals surface area contributed by atoms with Crippen molar-refractivity contribution in [1.82, 2.24) is 14.3 Å². The Kier molecular flexibility index (Phi) is 5.44. The van der Waals surface area contributed by atoms with E-state index in [1.165, 1.54) is 17.2 Å². The molecule has 1 aromatic heterocycles. The van der Waals surface area contributed by atoms with Crippen molar-refractivity contribution in [3.8, 4) is 0 Å². The van der Waals surface area contributed by atoms with Gasteiger partial charge < -0.3 is 9.88 Å². The molecule has 4 rings (SSSR count). The van der Waals surface area contributed by atoms with Gasteiger partial charge in [0.25, 0.3) is 10.0 Å². The molecule has 2 N–H and O–H groups in total. The zero-order chi connectivity index (χ0) is 21.5. The van der Waals surface area contributed by atoms with Crippen molar-refractivity contribution < 1.29 is 13.2 Å². The predicted octanol–water partition coefficient (Wildman–Crippen LogP) is 3.62. The molecule has 2 amide bonds. The van der Waals surface area contributed by atoms with Gasteiger partial charge >= 0.3 is 6.03 Å². The van der Waals surface area contributed by atoms with E-state index in [0.29, 0.717) is 12.4 Å². The molecule has 0 radical (unpaired) electrons. The van der Waals surface area contributed by atoms with E-state index in [0.717, 1.165) is 72.1 Å². The maximum absolute atomic E-state index is 12.6. The number of urea groups is 1. The molecule has 0 unspecified atom stereocenters. The zero-order valence-electron chi connectivity index (χ0n) is 17.7. The van der Waals surface area contributed by atoms with Gasteiger partial charge in [0.05, 0.1) is 11.1 Å². The summed E-state index contributed by atoms with van der Waals surface area (Å²) in [6.07, 6.45) is 7.44. The van der Waals surface area contributed by atoms with Crippen LogP contribution in [-0.2, 0) is 42.3 Å². The van der Waals surface area contributed by atoms with Crippen LogP contribution in [0.5, 0.6) is 0 Å². The number of carbonyl (C=O) groups excluding carboxylic acids is 1. The summed E-state index contributed by atoms with van der Waals surface area (Å²) in [5.74, 6) is 0.553. The maximum Gasteiger partial charge on any atom is 0.333 e. The lowest BCUT2D eigenvalue weighted by molar-refractivity contribution is 0.256. The number of fused-ring (bicyclic) bond motifs is 2. The number of amides is 2. The second kappa shape index (κ2) is 7.91. The molecule has 7 nitrogen and oxygen atoms in total. The molecule has 30 heavy (non-hydrogen) atoms. The van der Waals surface area contributed by atoms with Gasteiger partial charge in [0.2, 0.25) is 0 Å². The van der Waals surface area contributed by atoms with Gasteiger partial charge in [-0.2, -0.15) is 0 Å².